The lowest BCUT2D eigenvalue weighted by molar-refractivity contribution is 0.0617. The standard InChI is InChI=1S/C17H21N3O3.ClH/c1-10-4-5-11-12(7-17(2,3)23-14(11)6-10)20-16(21)13-9-22-15(8-18)19-13;/h4-6,9,12H,7-8,18H2,1-3H3,(H,20,21);1H. The van der Waals surface area contributed by atoms with Crippen molar-refractivity contribution in [1.29, 1.82) is 0 Å². The fourth-order valence-electron chi connectivity index (χ4n) is 2.83. The first-order valence-corrected chi connectivity index (χ1v) is 7.63. The molecule has 24 heavy (non-hydrogen) atoms. The van der Waals surface area contributed by atoms with E-state index in [0.717, 1.165) is 16.9 Å². The second-order valence-electron chi connectivity index (χ2n) is 6.46. The van der Waals surface area contributed by atoms with Crippen LogP contribution in [0.3, 0.4) is 0 Å². The number of hydrogen-bond donors (Lipinski definition) is 2. The molecule has 1 aromatic heterocycles. The molecule has 0 spiro atoms. The molecule has 1 aliphatic heterocycles. The second kappa shape index (κ2) is 6.83. The molecule has 3 N–H and O–H groups in total. The number of fused-ring (bicyclic) bond motifs is 1. The molecular formula is C17H22ClN3O3. The Balaban J connectivity index is 0.00000208. The normalized spacial score (nSPS) is 18.1. The number of rotatable bonds is 3. The van der Waals surface area contributed by atoms with Crippen LogP contribution in [0.4, 0.5) is 0 Å². The van der Waals surface area contributed by atoms with Crippen molar-refractivity contribution in [2.75, 3.05) is 0 Å². The van der Waals surface area contributed by atoms with Crippen molar-refractivity contribution in [3.63, 3.8) is 0 Å². The Morgan fingerprint density at radius 1 is 1.46 bits per heavy atom. The maximum absolute atomic E-state index is 12.4. The highest BCUT2D eigenvalue weighted by Gasteiger charge is 2.35. The van der Waals surface area contributed by atoms with Gasteiger partial charge in [0.15, 0.2) is 5.69 Å². The first-order valence-electron chi connectivity index (χ1n) is 7.63. The molecule has 2 aromatic rings. The number of nitrogens with two attached hydrogens (primary N) is 1. The van der Waals surface area contributed by atoms with Gasteiger partial charge in [0, 0.05) is 12.0 Å². The van der Waals surface area contributed by atoms with E-state index in [1.165, 1.54) is 6.26 Å². The number of ether oxygens (including phenoxy) is 1. The van der Waals surface area contributed by atoms with Gasteiger partial charge in [-0.2, -0.15) is 0 Å². The molecule has 1 aromatic carbocycles. The van der Waals surface area contributed by atoms with Crippen molar-refractivity contribution in [2.45, 2.75) is 45.4 Å². The summed E-state index contributed by atoms with van der Waals surface area (Å²) in [5, 5.41) is 3.02. The second-order valence-corrected chi connectivity index (χ2v) is 6.46. The number of halogens is 1. The lowest BCUT2D eigenvalue weighted by Crippen LogP contribution is -2.41. The molecule has 2 heterocycles. The number of aromatic nitrogens is 1. The van der Waals surface area contributed by atoms with Crippen LogP contribution in [0.15, 0.2) is 28.9 Å². The molecule has 1 amide bonds. The fraction of sp³-hybridized carbons (Fsp3) is 0.412. The van der Waals surface area contributed by atoms with E-state index in [-0.39, 0.29) is 42.2 Å². The van der Waals surface area contributed by atoms with Gasteiger partial charge in [-0.3, -0.25) is 4.79 Å². The molecule has 0 aliphatic carbocycles. The monoisotopic (exact) mass is 351 g/mol. The van der Waals surface area contributed by atoms with Gasteiger partial charge in [0.25, 0.3) is 5.91 Å². The van der Waals surface area contributed by atoms with Crippen LogP contribution in [0.2, 0.25) is 0 Å². The Morgan fingerprint density at radius 3 is 2.88 bits per heavy atom. The van der Waals surface area contributed by atoms with E-state index in [2.05, 4.69) is 10.3 Å². The van der Waals surface area contributed by atoms with Crippen LogP contribution >= 0.6 is 12.4 Å². The number of aryl methyl sites for hydroxylation is 1. The number of carbonyl (C=O) groups excluding carboxylic acids is 1. The first-order chi connectivity index (χ1) is 10.9. The van der Waals surface area contributed by atoms with Crippen molar-refractivity contribution in [3.05, 3.63) is 47.2 Å². The summed E-state index contributed by atoms with van der Waals surface area (Å²) in [6, 6.07) is 5.87. The quantitative estimate of drug-likeness (QED) is 0.887. The maximum Gasteiger partial charge on any atom is 0.273 e. The number of amides is 1. The Bertz CT molecular complexity index is 742. The molecule has 0 radical (unpaired) electrons. The van der Waals surface area contributed by atoms with E-state index in [1.807, 2.05) is 39.0 Å². The summed E-state index contributed by atoms with van der Waals surface area (Å²) < 4.78 is 11.2. The minimum Gasteiger partial charge on any atom is -0.487 e. The van der Waals surface area contributed by atoms with Crippen LogP contribution in [0.1, 0.15) is 53.8 Å². The Morgan fingerprint density at radius 2 is 2.21 bits per heavy atom. The highest BCUT2D eigenvalue weighted by Crippen LogP contribution is 2.39. The molecule has 0 saturated heterocycles. The summed E-state index contributed by atoms with van der Waals surface area (Å²) in [6.45, 7) is 6.21. The number of carbonyl (C=O) groups is 1. The number of nitrogens with zero attached hydrogens (tertiary/aromatic N) is 1. The first kappa shape index (κ1) is 18.3. The van der Waals surface area contributed by atoms with E-state index in [9.17, 15) is 4.79 Å². The fourth-order valence-corrected chi connectivity index (χ4v) is 2.83. The van der Waals surface area contributed by atoms with E-state index >= 15 is 0 Å². The topological polar surface area (TPSA) is 90.4 Å². The summed E-state index contributed by atoms with van der Waals surface area (Å²) in [7, 11) is 0. The number of hydrogen-bond acceptors (Lipinski definition) is 5. The summed E-state index contributed by atoms with van der Waals surface area (Å²) in [5.41, 5.74) is 7.44. The molecule has 1 aliphatic rings. The van der Waals surface area contributed by atoms with Crippen molar-refractivity contribution in [3.8, 4) is 5.75 Å². The Kier molecular flexibility index (Phi) is 5.20. The highest BCUT2D eigenvalue weighted by atomic mass is 35.5. The lowest BCUT2D eigenvalue weighted by Gasteiger charge is -2.38. The largest absolute Gasteiger partial charge is 0.487 e. The number of benzene rings is 1. The molecule has 1 unspecified atom stereocenters. The Labute approximate surface area is 147 Å². The maximum atomic E-state index is 12.4. The minimum atomic E-state index is -0.356. The van der Waals surface area contributed by atoms with E-state index in [1.54, 1.807) is 0 Å². The molecule has 3 rings (SSSR count). The van der Waals surface area contributed by atoms with Gasteiger partial charge in [0.2, 0.25) is 5.89 Å². The molecule has 7 heteroatoms. The van der Waals surface area contributed by atoms with E-state index < -0.39 is 0 Å². The van der Waals surface area contributed by atoms with Crippen LogP contribution in [0.25, 0.3) is 0 Å². The lowest BCUT2D eigenvalue weighted by atomic mass is 9.89. The zero-order valence-corrected chi connectivity index (χ0v) is 14.8. The van der Waals surface area contributed by atoms with Gasteiger partial charge in [-0.25, -0.2) is 4.98 Å². The molecule has 0 saturated carbocycles. The summed E-state index contributed by atoms with van der Waals surface area (Å²) in [6.07, 6.45) is 2.01. The van der Waals surface area contributed by atoms with Gasteiger partial charge < -0.3 is 20.2 Å². The smallest absolute Gasteiger partial charge is 0.273 e. The molecular weight excluding hydrogens is 330 g/mol. The van der Waals surface area contributed by atoms with E-state index in [4.69, 9.17) is 14.9 Å². The van der Waals surface area contributed by atoms with Crippen LogP contribution in [0, 0.1) is 6.92 Å². The molecule has 1 atom stereocenters. The SMILES string of the molecule is Cc1ccc2c(c1)OC(C)(C)CC2NC(=O)c1coc(CN)n1.Cl. The van der Waals surface area contributed by atoms with Crippen LogP contribution < -0.4 is 15.8 Å². The summed E-state index contributed by atoms with van der Waals surface area (Å²) >= 11 is 0. The van der Waals surface area contributed by atoms with Crippen molar-refractivity contribution >= 4 is 18.3 Å². The predicted molar refractivity (Wildman–Crippen MR) is 92.4 cm³/mol. The summed E-state index contributed by atoms with van der Waals surface area (Å²) in [4.78, 5) is 16.5. The average Bonchev–Trinajstić information content (AvgIpc) is 2.94. The number of oxazole rings is 1. The molecule has 130 valence electrons. The predicted octanol–water partition coefficient (Wildman–Crippen LogP) is 2.90. The molecule has 0 bridgehead atoms. The van der Waals surface area contributed by atoms with Crippen molar-refractivity contribution in [1.82, 2.24) is 10.3 Å². The van der Waals surface area contributed by atoms with Crippen LogP contribution in [-0.4, -0.2) is 16.5 Å². The van der Waals surface area contributed by atoms with Gasteiger partial charge in [-0.05, 0) is 32.4 Å². The molecule has 6 nitrogen and oxygen atoms in total. The van der Waals surface area contributed by atoms with Crippen molar-refractivity contribution < 1.29 is 13.9 Å². The Hall–Kier alpha value is -2.05. The van der Waals surface area contributed by atoms with Gasteiger partial charge >= 0.3 is 0 Å². The van der Waals surface area contributed by atoms with E-state index in [0.29, 0.717) is 12.3 Å². The van der Waals surface area contributed by atoms with Gasteiger partial charge in [0.1, 0.15) is 17.6 Å². The molecule has 0 fully saturated rings. The zero-order valence-electron chi connectivity index (χ0n) is 14.0. The number of nitrogens with one attached hydrogen (secondary N) is 1. The third-order valence-corrected chi connectivity index (χ3v) is 3.89. The van der Waals surface area contributed by atoms with Crippen molar-refractivity contribution in [2.24, 2.45) is 5.73 Å². The minimum absolute atomic E-state index is 0. The van der Waals surface area contributed by atoms with Crippen LogP contribution in [0.5, 0.6) is 5.75 Å². The zero-order chi connectivity index (χ0) is 16.6. The average molecular weight is 352 g/mol. The van der Waals surface area contributed by atoms with Crippen LogP contribution in [-0.2, 0) is 6.54 Å². The van der Waals surface area contributed by atoms with Gasteiger partial charge in [0.05, 0.1) is 12.6 Å². The third kappa shape index (κ3) is 3.71. The van der Waals surface area contributed by atoms with Gasteiger partial charge in [-0.15, -0.1) is 12.4 Å². The summed E-state index contributed by atoms with van der Waals surface area (Å²) in [5.74, 6) is 0.885. The third-order valence-electron chi connectivity index (χ3n) is 3.89. The van der Waals surface area contributed by atoms with Gasteiger partial charge in [-0.1, -0.05) is 12.1 Å². The highest BCUT2D eigenvalue weighted by molar-refractivity contribution is 5.92.